The first-order valence-electron chi connectivity index (χ1n) is 8.17. The predicted octanol–water partition coefficient (Wildman–Crippen LogP) is 4.10. The van der Waals surface area contributed by atoms with Gasteiger partial charge in [-0.15, -0.1) is 23.1 Å². The average Bonchev–Trinajstić information content (AvgIpc) is 3.10. The molecule has 0 saturated carbocycles. The van der Waals surface area contributed by atoms with Gasteiger partial charge in [0.05, 0.1) is 0 Å². The van der Waals surface area contributed by atoms with Crippen LogP contribution in [0.1, 0.15) is 27.7 Å². The maximum absolute atomic E-state index is 13.1. The Hall–Kier alpha value is -1.72. The third-order valence-corrected chi connectivity index (χ3v) is 6.81. The van der Waals surface area contributed by atoms with E-state index in [2.05, 4.69) is 17.5 Å². The number of thiophene rings is 1. The molecule has 3 heterocycles. The SMILES string of the molecule is O=C(C1SCCc2sccc21)N1CCC=C(c2cccc(O)c2)C1. The number of benzene rings is 1. The molecule has 4 rings (SSSR count). The number of phenols is 1. The zero-order valence-electron chi connectivity index (χ0n) is 13.3. The molecule has 1 aromatic carbocycles. The maximum atomic E-state index is 13.1. The van der Waals surface area contributed by atoms with Gasteiger partial charge in [0.25, 0.3) is 0 Å². The summed E-state index contributed by atoms with van der Waals surface area (Å²) in [5, 5.41) is 11.7. The van der Waals surface area contributed by atoms with Crippen LogP contribution in [0, 0.1) is 0 Å². The van der Waals surface area contributed by atoms with E-state index in [0.717, 1.165) is 36.3 Å². The maximum Gasteiger partial charge on any atom is 0.240 e. The fourth-order valence-electron chi connectivity index (χ4n) is 3.36. The summed E-state index contributed by atoms with van der Waals surface area (Å²) < 4.78 is 0. The van der Waals surface area contributed by atoms with Crippen molar-refractivity contribution in [3.05, 3.63) is 57.8 Å². The first-order valence-corrected chi connectivity index (χ1v) is 10.1. The quantitative estimate of drug-likeness (QED) is 0.880. The van der Waals surface area contributed by atoms with E-state index >= 15 is 0 Å². The molecular weight excluding hydrogens is 338 g/mol. The number of hydrogen-bond acceptors (Lipinski definition) is 4. The van der Waals surface area contributed by atoms with E-state index in [0.29, 0.717) is 6.54 Å². The highest BCUT2D eigenvalue weighted by molar-refractivity contribution is 8.00. The minimum Gasteiger partial charge on any atom is -0.508 e. The van der Waals surface area contributed by atoms with Crippen molar-refractivity contribution >= 4 is 34.6 Å². The van der Waals surface area contributed by atoms with Gasteiger partial charge in [-0.25, -0.2) is 0 Å². The molecule has 124 valence electrons. The highest BCUT2D eigenvalue weighted by atomic mass is 32.2. The standard InChI is InChI=1S/C19H19NO2S2/c21-15-5-1-3-13(11-15)14-4-2-8-20(12-14)19(22)18-16-6-9-23-17(16)7-10-24-18/h1,3-6,9,11,18,21H,2,7-8,10,12H2. The number of hydrogen-bond donors (Lipinski definition) is 1. The molecule has 2 aliphatic heterocycles. The van der Waals surface area contributed by atoms with Crippen LogP contribution in [-0.2, 0) is 11.2 Å². The van der Waals surface area contributed by atoms with Gasteiger partial charge in [0.15, 0.2) is 0 Å². The number of phenolic OH excluding ortho intramolecular Hbond substituents is 1. The Balaban J connectivity index is 1.54. The summed E-state index contributed by atoms with van der Waals surface area (Å²) in [6, 6.07) is 9.40. The van der Waals surface area contributed by atoms with Crippen LogP contribution in [0.15, 0.2) is 41.8 Å². The van der Waals surface area contributed by atoms with Crippen molar-refractivity contribution in [1.29, 1.82) is 0 Å². The summed E-state index contributed by atoms with van der Waals surface area (Å²) >= 11 is 3.54. The molecule has 1 aromatic heterocycles. The zero-order chi connectivity index (χ0) is 16.5. The topological polar surface area (TPSA) is 40.5 Å². The van der Waals surface area contributed by atoms with Gasteiger partial charge in [0, 0.05) is 18.0 Å². The van der Waals surface area contributed by atoms with Crippen LogP contribution in [0.2, 0.25) is 0 Å². The van der Waals surface area contributed by atoms with Crippen molar-refractivity contribution in [2.24, 2.45) is 0 Å². The van der Waals surface area contributed by atoms with Crippen LogP contribution in [-0.4, -0.2) is 34.8 Å². The summed E-state index contributed by atoms with van der Waals surface area (Å²) in [5.74, 6) is 1.51. The Morgan fingerprint density at radius 2 is 2.21 bits per heavy atom. The van der Waals surface area contributed by atoms with Crippen molar-refractivity contribution in [3.8, 4) is 5.75 Å². The highest BCUT2D eigenvalue weighted by Gasteiger charge is 2.32. The number of thioether (sulfide) groups is 1. The number of rotatable bonds is 2. The number of fused-ring (bicyclic) bond motifs is 1. The van der Waals surface area contributed by atoms with E-state index in [-0.39, 0.29) is 16.9 Å². The lowest BCUT2D eigenvalue weighted by molar-refractivity contribution is -0.130. The van der Waals surface area contributed by atoms with Crippen LogP contribution in [0.5, 0.6) is 5.75 Å². The third-order valence-electron chi connectivity index (χ3n) is 4.58. The van der Waals surface area contributed by atoms with Crippen molar-refractivity contribution in [2.45, 2.75) is 18.1 Å². The Kier molecular flexibility index (Phi) is 4.37. The fraction of sp³-hybridized carbons (Fsp3) is 0.316. The van der Waals surface area contributed by atoms with Crippen molar-refractivity contribution in [1.82, 2.24) is 4.90 Å². The van der Waals surface area contributed by atoms with Crippen LogP contribution < -0.4 is 0 Å². The molecule has 5 heteroatoms. The van der Waals surface area contributed by atoms with Gasteiger partial charge in [-0.3, -0.25) is 4.79 Å². The number of amides is 1. The Labute approximate surface area is 150 Å². The first-order chi connectivity index (χ1) is 11.7. The summed E-state index contributed by atoms with van der Waals surface area (Å²) in [4.78, 5) is 16.4. The lowest BCUT2D eigenvalue weighted by Crippen LogP contribution is -2.38. The smallest absolute Gasteiger partial charge is 0.240 e. The molecule has 0 fully saturated rings. The van der Waals surface area contributed by atoms with Gasteiger partial charge in [0.2, 0.25) is 5.91 Å². The molecule has 0 aliphatic carbocycles. The zero-order valence-corrected chi connectivity index (χ0v) is 14.9. The van der Waals surface area contributed by atoms with E-state index < -0.39 is 0 Å². The van der Waals surface area contributed by atoms with E-state index in [4.69, 9.17) is 0 Å². The third kappa shape index (κ3) is 2.98. The molecule has 24 heavy (non-hydrogen) atoms. The molecule has 0 saturated heterocycles. The van der Waals surface area contributed by atoms with Gasteiger partial charge >= 0.3 is 0 Å². The Bertz CT molecular complexity index is 796. The van der Waals surface area contributed by atoms with Crippen LogP contribution in [0.3, 0.4) is 0 Å². The minimum absolute atomic E-state index is 0.0523. The second-order valence-corrected chi connectivity index (χ2v) is 8.34. The largest absolute Gasteiger partial charge is 0.508 e. The summed E-state index contributed by atoms with van der Waals surface area (Å²) in [6.07, 6.45) is 4.13. The fourth-order valence-corrected chi connectivity index (χ4v) is 5.74. The number of carbonyl (C=O) groups excluding carboxylic acids is 1. The second-order valence-electron chi connectivity index (χ2n) is 6.13. The number of aryl methyl sites for hydroxylation is 1. The van der Waals surface area contributed by atoms with Gasteiger partial charge in [-0.1, -0.05) is 18.2 Å². The van der Waals surface area contributed by atoms with Gasteiger partial charge in [-0.2, -0.15) is 0 Å². The van der Waals surface area contributed by atoms with E-state index in [1.165, 1.54) is 10.4 Å². The monoisotopic (exact) mass is 357 g/mol. The van der Waals surface area contributed by atoms with Crippen molar-refractivity contribution < 1.29 is 9.90 Å². The molecular formula is C19H19NO2S2. The normalized spacial score (nSPS) is 20.4. The van der Waals surface area contributed by atoms with E-state index in [9.17, 15) is 9.90 Å². The van der Waals surface area contributed by atoms with Crippen molar-refractivity contribution in [2.75, 3.05) is 18.8 Å². The number of carbonyl (C=O) groups is 1. The molecule has 1 N–H and O–H groups in total. The lowest BCUT2D eigenvalue weighted by atomic mass is 10.00. The molecule has 1 unspecified atom stereocenters. The predicted molar refractivity (Wildman–Crippen MR) is 101 cm³/mol. The van der Waals surface area contributed by atoms with Crippen LogP contribution in [0.25, 0.3) is 5.57 Å². The van der Waals surface area contributed by atoms with Gasteiger partial charge in [0.1, 0.15) is 11.0 Å². The number of nitrogens with zero attached hydrogens (tertiary/aromatic N) is 1. The molecule has 2 aromatic rings. The summed E-state index contributed by atoms with van der Waals surface area (Å²) in [7, 11) is 0. The minimum atomic E-state index is -0.0523. The van der Waals surface area contributed by atoms with Crippen LogP contribution in [0.4, 0.5) is 0 Å². The second kappa shape index (κ2) is 6.65. The first kappa shape index (κ1) is 15.8. The molecule has 0 radical (unpaired) electrons. The highest BCUT2D eigenvalue weighted by Crippen LogP contribution is 2.41. The van der Waals surface area contributed by atoms with Gasteiger partial charge < -0.3 is 10.0 Å². The Morgan fingerprint density at radius 1 is 1.29 bits per heavy atom. The molecule has 1 atom stereocenters. The lowest BCUT2D eigenvalue weighted by Gasteiger charge is -2.32. The summed E-state index contributed by atoms with van der Waals surface area (Å²) in [5.41, 5.74) is 3.34. The molecule has 1 amide bonds. The van der Waals surface area contributed by atoms with Gasteiger partial charge in [-0.05, 0) is 58.9 Å². The molecule has 3 nitrogen and oxygen atoms in total. The van der Waals surface area contributed by atoms with E-state index in [1.807, 2.05) is 17.0 Å². The molecule has 0 bridgehead atoms. The summed E-state index contributed by atoms with van der Waals surface area (Å²) in [6.45, 7) is 1.40. The number of aromatic hydroxyl groups is 1. The molecule has 0 spiro atoms. The van der Waals surface area contributed by atoms with Crippen molar-refractivity contribution in [3.63, 3.8) is 0 Å². The van der Waals surface area contributed by atoms with E-state index in [1.54, 1.807) is 35.2 Å². The van der Waals surface area contributed by atoms with Crippen LogP contribution >= 0.6 is 23.1 Å². The Morgan fingerprint density at radius 3 is 3.08 bits per heavy atom. The average molecular weight is 358 g/mol. The molecule has 2 aliphatic rings.